The van der Waals surface area contributed by atoms with Crippen molar-refractivity contribution in [2.75, 3.05) is 32.8 Å². The maximum absolute atomic E-state index is 13.8. The van der Waals surface area contributed by atoms with E-state index in [9.17, 15) is 18.0 Å². The summed E-state index contributed by atoms with van der Waals surface area (Å²) >= 11 is 0. The predicted molar refractivity (Wildman–Crippen MR) is 106 cm³/mol. The van der Waals surface area contributed by atoms with E-state index in [0.29, 0.717) is 43.0 Å². The smallest absolute Gasteiger partial charge is 0.387 e. The second kappa shape index (κ2) is 9.95. The minimum absolute atomic E-state index is 0.0764. The third-order valence-electron chi connectivity index (χ3n) is 5.11. The SMILES string of the molecule is Cc1cc(C(=O)NCC(c2cccc(F)c2)N2CCOCC2)cc(C)c1OC(F)F. The van der Waals surface area contributed by atoms with Crippen molar-refractivity contribution in [2.45, 2.75) is 26.5 Å². The van der Waals surface area contributed by atoms with Gasteiger partial charge >= 0.3 is 6.61 Å². The Bertz CT molecular complexity index is 863. The number of hydrogen-bond donors (Lipinski definition) is 1. The van der Waals surface area contributed by atoms with Crippen LogP contribution >= 0.6 is 0 Å². The topological polar surface area (TPSA) is 50.8 Å². The number of rotatable bonds is 7. The first-order valence-corrected chi connectivity index (χ1v) is 9.76. The average molecular weight is 422 g/mol. The molecule has 1 amide bonds. The summed E-state index contributed by atoms with van der Waals surface area (Å²) in [7, 11) is 0. The van der Waals surface area contributed by atoms with E-state index in [1.807, 2.05) is 6.07 Å². The van der Waals surface area contributed by atoms with Gasteiger partial charge in [0.2, 0.25) is 0 Å². The van der Waals surface area contributed by atoms with E-state index in [1.54, 1.807) is 19.9 Å². The van der Waals surface area contributed by atoms with Gasteiger partial charge in [-0.2, -0.15) is 8.78 Å². The number of hydrogen-bond acceptors (Lipinski definition) is 4. The van der Waals surface area contributed by atoms with Gasteiger partial charge in [-0.1, -0.05) is 12.1 Å². The van der Waals surface area contributed by atoms with Gasteiger partial charge < -0.3 is 14.8 Å². The number of ether oxygens (including phenoxy) is 2. The van der Waals surface area contributed by atoms with Gasteiger partial charge in [0.1, 0.15) is 11.6 Å². The molecule has 1 atom stereocenters. The van der Waals surface area contributed by atoms with Crippen LogP contribution in [-0.4, -0.2) is 50.3 Å². The Balaban J connectivity index is 1.75. The van der Waals surface area contributed by atoms with Gasteiger partial charge in [0.25, 0.3) is 5.91 Å². The predicted octanol–water partition coefficient (Wildman–Crippen LogP) is 3.85. The van der Waals surface area contributed by atoms with Gasteiger partial charge in [-0.15, -0.1) is 0 Å². The van der Waals surface area contributed by atoms with E-state index < -0.39 is 6.61 Å². The lowest BCUT2D eigenvalue weighted by atomic mass is 10.0. The Morgan fingerprint density at radius 3 is 2.43 bits per heavy atom. The molecule has 0 spiro atoms. The van der Waals surface area contributed by atoms with Crippen molar-refractivity contribution in [3.05, 3.63) is 64.5 Å². The van der Waals surface area contributed by atoms with E-state index in [4.69, 9.17) is 4.74 Å². The van der Waals surface area contributed by atoms with Crippen LogP contribution in [0.1, 0.15) is 33.1 Å². The molecule has 2 aromatic rings. The first kappa shape index (κ1) is 22.1. The molecule has 0 aromatic heterocycles. The molecule has 0 radical (unpaired) electrons. The van der Waals surface area contributed by atoms with Crippen LogP contribution in [0.15, 0.2) is 36.4 Å². The molecule has 3 rings (SSSR count). The molecule has 1 fully saturated rings. The Hall–Kier alpha value is -2.58. The summed E-state index contributed by atoms with van der Waals surface area (Å²) in [5, 5.41) is 2.90. The standard InChI is InChI=1S/C22H25F3N2O3/c1-14-10-17(11-15(2)20(14)30-22(24)25)21(28)26-13-19(27-6-8-29-9-7-27)16-4-3-5-18(23)12-16/h3-5,10-12,19,22H,6-9,13H2,1-2H3,(H,26,28). The summed E-state index contributed by atoms with van der Waals surface area (Å²) in [6, 6.07) is 9.16. The number of halogens is 3. The molecule has 1 aliphatic rings. The molecule has 162 valence electrons. The molecule has 1 saturated heterocycles. The summed E-state index contributed by atoms with van der Waals surface area (Å²) in [4.78, 5) is 14.9. The number of morpholine rings is 1. The monoisotopic (exact) mass is 422 g/mol. The van der Waals surface area contributed by atoms with Crippen molar-refractivity contribution in [2.24, 2.45) is 0 Å². The highest BCUT2D eigenvalue weighted by molar-refractivity contribution is 5.95. The minimum atomic E-state index is -2.93. The van der Waals surface area contributed by atoms with Crippen LogP contribution in [0, 0.1) is 19.7 Å². The largest absolute Gasteiger partial charge is 0.434 e. The molecule has 30 heavy (non-hydrogen) atoms. The summed E-state index contributed by atoms with van der Waals surface area (Å²) in [6.45, 7) is 3.07. The van der Waals surface area contributed by atoms with Crippen molar-refractivity contribution in [1.82, 2.24) is 10.2 Å². The lowest BCUT2D eigenvalue weighted by Crippen LogP contribution is -2.43. The fourth-order valence-corrected chi connectivity index (χ4v) is 3.71. The average Bonchev–Trinajstić information content (AvgIpc) is 2.71. The summed E-state index contributed by atoms with van der Waals surface area (Å²) in [5.41, 5.74) is 2.03. The normalized spacial score (nSPS) is 15.8. The number of amides is 1. The molecule has 5 nitrogen and oxygen atoms in total. The summed E-state index contributed by atoms with van der Waals surface area (Å²) in [6.07, 6.45) is 0. The maximum atomic E-state index is 13.8. The van der Waals surface area contributed by atoms with Gasteiger partial charge in [-0.3, -0.25) is 9.69 Å². The summed E-state index contributed by atoms with van der Waals surface area (Å²) < 4.78 is 48.9. The molecule has 1 aliphatic heterocycles. The van der Waals surface area contributed by atoms with E-state index in [1.165, 1.54) is 24.3 Å². The first-order chi connectivity index (χ1) is 14.3. The number of benzene rings is 2. The van der Waals surface area contributed by atoms with Gasteiger partial charge in [0, 0.05) is 25.2 Å². The van der Waals surface area contributed by atoms with E-state index in [2.05, 4.69) is 15.0 Å². The Labute approximate surface area is 173 Å². The quantitative estimate of drug-likeness (QED) is 0.737. The molecule has 1 N–H and O–H groups in total. The molecule has 1 heterocycles. The van der Waals surface area contributed by atoms with Crippen molar-refractivity contribution in [3.63, 3.8) is 0 Å². The zero-order valence-corrected chi connectivity index (χ0v) is 17.0. The first-order valence-electron chi connectivity index (χ1n) is 9.76. The highest BCUT2D eigenvalue weighted by Crippen LogP contribution is 2.27. The molecule has 0 bridgehead atoms. The minimum Gasteiger partial charge on any atom is -0.434 e. The van der Waals surface area contributed by atoms with Crippen LogP contribution < -0.4 is 10.1 Å². The molecule has 0 aliphatic carbocycles. The van der Waals surface area contributed by atoms with Crippen LogP contribution in [0.2, 0.25) is 0 Å². The number of carbonyl (C=O) groups excluding carboxylic acids is 1. The molecular weight excluding hydrogens is 397 g/mol. The van der Waals surface area contributed by atoms with Crippen LogP contribution in [0.4, 0.5) is 13.2 Å². The third kappa shape index (κ3) is 5.52. The second-order valence-electron chi connectivity index (χ2n) is 7.25. The Morgan fingerprint density at radius 2 is 1.83 bits per heavy atom. The van der Waals surface area contributed by atoms with Gasteiger partial charge in [0.15, 0.2) is 0 Å². The lowest BCUT2D eigenvalue weighted by Gasteiger charge is -2.35. The van der Waals surface area contributed by atoms with Crippen molar-refractivity contribution in [3.8, 4) is 5.75 Å². The molecule has 0 saturated carbocycles. The molecular formula is C22H25F3N2O3. The zero-order chi connectivity index (χ0) is 21.7. The third-order valence-corrected chi connectivity index (χ3v) is 5.11. The van der Waals surface area contributed by atoms with E-state index >= 15 is 0 Å². The van der Waals surface area contributed by atoms with Gasteiger partial charge in [0.05, 0.1) is 19.3 Å². The highest BCUT2D eigenvalue weighted by Gasteiger charge is 2.24. The van der Waals surface area contributed by atoms with Crippen LogP contribution in [0.5, 0.6) is 5.75 Å². The molecule has 8 heteroatoms. The van der Waals surface area contributed by atoms with Crippen LogP contribution in [0.25, 0.3) is 0 Å². The fourth-order valence-electron chi connectivity index (χ4n) is 3.71. The maximum Gasteiger partial charge on any atom is 0.387 e. The number of nitrogens with zero attached hydrogens (tertiary/aromatic N) is 1. The number of carbonyl (C=O) groups is 1. The zero-order valence-electron chi connectivity index (χ0n) is 17.0. The molecule has 2 aromatic carbocycles. The lowest BCUT2D eigenvalue weighted by molar-refractivity contribution is -0.0507. The van der Waals surface area contributed by atoms with Crippen LogP contribution in [-0.2, 0) is 4.74 Å². The van der Waals surface area contributed by atoms with Gasteiger partial charge in [-0.05, 0) is 54.8 Å². The number of nitrogens with one attached hydrogen (secondary N) is 1. The second-order valence-corrected chi connectivity index (χ2v) is 7.25. The van der Waals surface area contributed by atoms with E-state index in [-0.39, 0.29) is 30.1 Å². The van der Waals surface area contributed by atoms with Crippen LogP contribution in [0.3, 0.4) is 0 Å². The number of alkyl halides is 2. The fraction of sp³-hybridized carbons (Fsp3) is 0.409. The van der Waals surface area contributed by atoms with E-state index in [0.717, 1.165) is 5.56 Å². The van der Waals surface area contributed by atoms with Crippen molar-refractivity contribution in [1.29, 1.82) is 0 Å². The highest BCUT2D eigenvalue weighted by atomic mass is 19.3. The summed E-state index contributed by atoms with van der Waals surface area (Å²) in [5.74, 6) is -0.593. The number of aryl methyl sites for hydroxylation is 2. The molecule has 1 unspecified atom stereocenters. The Morgan fingerprint density at radius 1 is 1.17 bits per heavy atom. The van der Waals surface area contributed by atoms with Crippen molar-refractivity contribution < 1.29 is 27.4 Å². The van der Waals surface area contributed by atoms with Gasteiger partial charge in [-0.25, -0.2) is 4.39 Å². The Kier molecular flexibility index (Phi) is 7.33. The van der Waals surface area contributed by atoms with Crippen molar-refractivity contribution >= 4 is 5.91 Å².